The summed E-state index contributed by atoms with van der Waals surface area (Å²) in [4.78, 5) is 2.34. The number of ether oxygens (including phenoxy) is 1. The molecular formula is C15H23FN2O. The maximum absolute atomic E-state index is 14.0. The average Bonchev–Trinajstić information content (AvgIpc) is 2.43. The predicted molar refractivity (Wildman–Crippen MR) is 74.9 cm³/mol. The molecular weight excluding hydrogens is 243 g/mol. The minimum absolute atomic E-state index is 0.182. The average molecular weight is 266 g/mol. The maximum Gasteiger partial charge on any atom is 0.131 e. The van der Waals surface area contributed by atoms with E-state index >= 15 is 0 Å². The Morgan fingerprint density at radius 3 is 2.89 bits per heavy atom. The van der Waals surface area contributed by atoms with E-state index in [-0.39, 0.29) is 5.82 Å². The van der Waals surface area contributed by atoms with E-state index in [0.29, 0.717) is 24.4 Å². The van der Waals surface area contributed by atoms with Crippen LogP contribution in [0, 0.1) is 5.82 Å². The van der Waals surface area contributed by atoms with E-state index in [1.807, 2.05) is 12.1 Å². The minimum atomic E-state index is -0.182. The van der Waals surface area contributed by atoms with Gasteiger partial charge in [-0.05, 0) is 19.4 Å². The Bertz CT molecular complexity index is 425. The summed E-state index contributed by atoms with van der Waals surface area (Å²) in [5.74, 6) is 0.388. The molecule has 1 fully saturated rings. The lowest BCUT2D eigenvalue weighted by molar-refractivity contribution is 0.130. The molecule has 0 radical (unpaired) electrons. The Morgan fingerprint density at radius 1 is 1.47 bits per heavy atom. The monoisotopic (exact) mass is 266 g/mol. The van der Waals surface area contributed by atoms with E-state index in [4.69, 9.17) is 4.74 Å². The molecule has 0 aliphatic carbocycles. The van der Waals surface area contributed by atoms with Crippen LogP contribution in [0.2, 0.25) is 0 Å². The van der Waals surface area contributed by atoms with Crippen molar-refractivity contribution in [3.05, 3.63) is 29.6 Å². The molecule has 19 heavy (non-hydrogen) atoms. The molecule has 0 amide bonds. The lowest BCUT2D eigenvalue weighted by atomic mass is 10.1. The third-order valence-corrected chi connectivity index (χ3v) is 3.91. The van der Waals surface area contributed by atoms with E-state index in [1.54, 1.807) is 7.11 Å². The van der Waals surface area contributed by atoms with Gasteiger partial charge in [-0.3, -0.25) is 4.90 Å². The van der Waals surface area contributed by atoms with Crippen LogP contribution >= 0.6 is 0 Å². The van der Waals surface area contributed by atoms with Gasteiger partial charge < -0.3 is 10.1 Å². The third kappa shape index (κ3) is 3.45. The van der Waals surface area contributed by atoms with Crippen molar-refractivity contribution in [3.63, 3.8) is 0 Å². The Kier molecular flexibility index (Phi) is 4.77. The van der Waals surface area contributed by atoms with Gasteiger partial charge in [0.1, 0.15) is 11.6 Å². The van der Waals surface area contributed by atoms with Crippen LogP contribution < -0.4 is 10.1 Å². The van der Waals surface area contributed by atoms with Crippen molar-refractivity contribution in [2.75, 3.05) is 20.2 Å². The maximum atomic E-state index is 14.0. The fraction of sp³-hybridized carbons (Fsp3) is 0.600. The molecule has 1 heterocycles. The van der Waals surface area contributed by atoms with Crippen LogP contribution in [0.15, 0.2) is 18.2 Å². The standard InChI is InChI=1S/C15H23FN2O/c1-4-13-10-18(11(2)8-17-13)9-12-5-6-14(19-3)7-15(12)16/h5-7,11,13,17H,4,8-10H2,1-3H3. The van der Waals surface area contributed by atoms with E-state index < -0.39 is 0 Å². The fourth-order valence-corrected chi connectivity index (χ4v) is 2.49. The van der Waals surface area contributed by atoms with Crippen LogP contribution in [0.5, 0.6) is 5.75 Å². The Labute approximate surface area is 114 Å². The number of methoxy groups -OCH3 is 1. The molecule has 1 aromatic rings. The van der Waals surface area contributed by atoms with Crippen molar-refractivity contribution in [2.24, 2.45) is 0 Å². The zero-order valence-electron chi connectivity index (χ0n) is 11.9. The van der Waals surface area contributed by atoms with Gasteiger partial charge in [0.2, 0.25) is 0 Å². The van der Waals surface area contributed by atoms with Crippen molar-refractivity contribution in [3.8, 4) is 5.75 Å². The van der Waals surface area contributed by atoms with Gasteiger partial charge in [-0.1, -0.05) is 13.0 Å². The SMILES string of the molecule is CCC1CN(Cc2ccc(OC)cc2F)C(C)CN1. The van der Waals surface area contributed by atoms with E-state index in [0.717, 1.165) is 25.1 Å². The number of hydrogen-bond acceptors (Lipinski definition) is 3. The van der Waals surface area contributed by atoms with Crippen molar-refractivity contribution in [2.45, 2.75) is 38.9 Å². The van der Waals surface area contributed by atoms with Gasteiger partial charge in [0.05, 0.1) is 7.11 Å². The van der Waals surface area contributed by atoms with Crippen molar-refractivity contribution in [1.82, 2.24) is 10.2 Å². The Morgan fingerprint density at radius 2 is 2.26 bits per heavy atom. The number of piperazine rings is 1. The van der Waals surface area contributed by atoms with Crippen molar-refractivity contribution in [1.29, 1.82) is 0 Å². The van der Waals surface area contributed by atoms with E-state index in [1.165, 1.54) is 6.07 Å². The van der Waals surface area contributed by atoms with Gasteiger partial charge in [-0.2, -0.15) is 0 Å². The smallest absolute Gasteiger partial charge is 0.131 e. The molecule has 1 aliphatic rings. The molecule has 2 atom stereocenters. The molecule has 0 aromatic heterocycles. The first-order chi connectivity index (χ1) is 9.13. The summed E-state index contributed by atoms with van der Waals surface area (Å²) in [5, 5.41) is 3.51. The summed E-state index contributed by atoms with van der Waals surface area (Å²) in [6, 6.07) is 6.05. The summed E-state index contributed by atoms with van der Waals surface area (Å²) < 4.78 is 19.0. The zero-order valence-corrected chi connectivity index (χ0v) is 11.9. The molecule has 2 rings (SSSR count). The topological polar surface area (TPSA) is 24.5 Å². The van der Waals surface area contributed by atoms with Gasteiger partial charge in [0.15, 0.2) is 0 Å². The van der Waals surface area contributed by atoms with Crippen LogP contribution in [0.25, 0.3) is 0 Å². The predicted octanol–water partition coefficient (Wildman–Crippen LogP) is 2.41. The number of rotatable bonds is 4. The second-order valence-corrected chi connectivity index (χ2v) is 5.25. The second kappa shape index (κ2) is 6.35. The number of hydrogen-bond donors (Lipinski definition) is 1. The second-order valence-electron chi connectivity index (χ2n) is 5.25. The minimum Gasteiger partial charge on any atom is -0.497 e. The highest BCUT2D eigenvalue weighted by atomic mass is 19.1. The third-order valence-electron chi connectivity index (χ3n) is 3.91. The van der Waals surface area contributed by atoms with Gasteiger partial charge in [-0.15, -0.1) is 0 Å². The summed E-state index contributed by atoms with van der Waals surface area (Å²) in [7, 11) is 1.55. The fourth-order valence-electron chi connectivity index (χ4n) is 2.49. The largest absolute Gasteiger partial charge is 0.497 e. The lowest BCUT2D eigenvalue weighted by Crippen LogP contribution is -2.54. The first-order valence-corrected chi connectivity index (χ1v) is 6.94. The molecule has 106 valence electrons. The first-order valence-electron chi connectivity index (χ1n) is 6.94. The number of nitrogens with one attached hydrogen (secondary N) is 1. The van der Waals surface area contributed by atoms with Gasteiger partial charge in [0, 0.05) is 43.3 Å². The Balaban J connectivity index is 2.06. The molecule has 1 saturated heterocycles. The van der Waals surface area contributed by atoms with Gasteiger partial charge in [0.25, 0.3) is 0 Å². The normalized spacial score (nSPS) is 24.4. The van der Waals surface area contributed by atoms with Crippen LogP contribution in [0.1, 0.15) is 25.8 Å². The number of halogens is 1. The summed E-state index contributed by atoms with van der Waals surface area (Å²) in [5.41, 5.74) is 0.740. The summed E-state index contributed by atoms with van der Waals surface area (Å²) in [6.07, 6.45) is 1.11. The molecule has 0 bridgehead atoms. The van der Waals surface area contributed by atoms with Crippen LogP contribution in [-0.4, -0.2) is 37.2 Å². The highest BCUT2D eigenvalue weighted by Crippen LogP contribution is 2.20. The van der Waals surface area contributed by atoms with Gasteiger partial charge in [-0.25, -0.2) is 4.39 Å². The summed E-state index contributed by atoms with van der Waals surface area (Å²) in [6.45, 7) is 6.97. The van der Waals surface area contributed by atoms with Gasteiger partial charge >= 0.3 is 0 Å². The molecule has 2 unspecified atom stereocenters. The molecule has 1 N–H and O–H groups in total. The van der Waals surface area contributed by atoms with Crippen LogP contribution in [0.4, 0.5) is 4.39 Å². The van der Waals surface area contributed by atoms with Crippen LogP contribution in [-0.2, 0) is 6.54 Å². The number of nitrogens with zero attached hydrogens (tertiary/aromatic N) is 1. The van der Waals surface area contributed by atoms with E-state index in [2.05, 4.69) is 24.1 Å². The highest BCUT2D eigenvalue weighted by Gasteiger charge is 2.24. The molecule has 0 spiro atoms. The molecule has 1 aromatic carbocycles. The lowest BCUT2D eigenvalue weighted by Gasteiger charge is -2.38. The molecule has 0 saturated carbocycles. The zero-order chi connectivity index (χ0) is 13.8. The summed E-state index contributed by atoms with van der Waals surface area (Å²) >= 11 is 0. The molecule has 1 aliphatic heterocycles. The van der Waals surface area contributed by atoms with Crippen molar-refractivity contribution < 1.29 is 9.13 Å². The first kappa shape index (κ1) is 14.3. The molecule has 4 heteroatoms. The Hall–Kier alpha value is -1.13. The number of benzene rings is 1. The van der Waals surface area contributed by atoms with Crippen LogP contribution in [0.3, 0.4) is 0 Å². The van der Waals surface area contributed by atoms with E-state index in [9.17, 15) is 4.39 Å². The quantitative estimate of drug-likeness (QED) is 0.905. The molecule has 3 nitrogen and oxygen atoms in total. The highest BCUT2D eigenvalue weighted by molar-refractivity contribution is 5.28. The van der Waals surface area contributed by atoms with Crippen molar-refractivity contribution >= 4 is 0 Å².